The van der Waals surface area contributed by atoms with Gasteiger partial charge in [0.25, 0.3) is 0 Å². The Morgan fingerprint density at radius 3 is 2.93 bits per heavy atom. The summed E-state index contributed by atoms with van der Waals surface area (Å²) in [5, 5.41) is 0. The lowest BCUT2D eigenvalue weighted by Gasteiger charge is -2.24. The predicted molar refractivity (Wildman–Crippen MR) is 59.0 cm³/mol. The van der Waals surface area contributed by atoms with Crippen LogP contribution in [0.2, 0.25) is 0 Å². The molecule has 1 saturated heterocycles. The third kappa shape index (κ3) is 2.36. The average Bonchev–Trinajstić information content (AvgIpc) is 2.64. The number of benzene rings is 1. The monoisotopic (exact) mass is 208 g/mol. The van der Waals surface area contributed by atoms with Crippen LogP contribution in [0.15, 0.2) is 24.3 Å². The van der Waals surface area contributed by atoms with Crippen molar-refractivity contribution in [3.63, 3.8) is 0 Å². The molecule has 1 fully saturated rings. The van der Waals surface area contributed by atoms with Gasteiger partial charge in [0, 0.05) is 25.2 Å². The molecule has 1 aliphatic heterocycles. The minimum Gasteiger partial charge on any atom is -0.326 e. The number of likely N-dealkylation sites (tertiary alicyclic amines) is 1. The largest absolute Gasteiger partial charge is 0.326 e. The van der Waals surface area contributed by atoms with E-state index >= 15 is 0 Å². The highest BCUT2D eigenvalue weighted by Gasteiger charge is 2.24. The molecular formula is C12H17FN2. The van der Waals surface area contributed by atoms with Crippen LogP contribution in [0.1, 0.15) is 24.9 Å². The van der Waals surface area contributed by atoms with Gasteiger partial charge < -0.3 is 5.73 Å². The zero-order valence-electron chi connectivity index (χ0n) is 8.99. The molecule has 2 nitrogen and oxygen atoms in total. The minimum absolute atomic E-state index is 0.164. The molecule has 2 N–H and O–H groups in total. The Morgan fingerprint density at radius 2 is 2.33 bits per heavy atom. The molecule has 2 atom stereocenters. The van der Waals surface area contributed by atoms with Crippen LogP contribution in [-0.2, 0) is 0 Å². The zero-order valence-corrected chi connectivity index (χ0v) is 8.99. The van der Waals surface area contributed by atoms with Gasteiger partial charge in [0.15, 0.2) is 0 Å². The van der Waals surface area contributed by atoms with Crippen molar-refractivity contribution in [3.8, 4) is 0 Å². The van der Waals surface area contributed by atoms with E-state index < -0.39 is 0 Å². The maximum atomic E-state index is 13.0. The van der Waals surface area contributed by atoms with E-state index in [4.69, 9.17) is 5.73 Å². The van der Waals surface area contributed by atoms with Crippen LogP contribution in [0, 0.1) is 5.82 Å². The first kappa shape index (κ1) is 10.6. The second-order valence-electron chi connectivity index (χ2n) is 4.27. The molecular weight excluding hydrogens is 191 g/mol. The highest BCUT2D eigenvalue weighted by atomic mass is 19.1. The number of rotatable bonds is 2. The van der Waals surface area contributed by atoms with E-state index in [1.54, 1.807) is 12.1 Å². The molecule has 1 heterocycles. The molecule has 1 aromatic carbocycles. The SMILES string of the molecule is CC(c1cccc(F)c1)N1CC[C@@H](N)C1. The van der Waals surface area contributed by atoms with Gasteiger partial charge in [0.2, 0.25) is 0 Å². The molecule has 1 unspecified atom stereocenters. The van der Waals surface area contributed by atoms with Gasteiger partial charge in [0.05, 0.1) is 0 Å². The summed E-state index contributed by atoms with van der Waals surface area (Å²) in [5.74, 6) is -0.164. The van der Waals surface area contributed by atoms with Crippen LogP contribution in [0.25, 0.3) is 0 Å². The maximum Gasteiger partial charge on any atom is 0.123 e. The van der Waals surface area contributed by atoms with E-state index in [1.165, 1.54) is 6.07 Å². The van der Waals surface area contributed by atoms with Crippen molar-refractivity contribution in [3.05, 3.63) is 35.6 Å². The third-order valence-electron chi connectivity index (χ3n) is 3.13. The summed E-state index contributed by atoms with van der Waals surface area (Å²) >= 11 is 0. The van der Waals surface area contributed by atoms with Gasteiger partial charge in [-0.25, -0.2) is 4.39 Å². The second kappa shape index (κ2) is 4.29. The minimum atomic E-state index is -0.164. The first-order valence-corrected chi connectivity index (χ1v) is 5.42. The van der Waals surface area contributed by atoms with Crippen LogP contribution in [0.3, 0.4) is 0 Å². The van der Waals surface area contributed by atoms with Crippen molar-refractivity contribution >= 4 is 0 Å². The topological polar surface area (TPSA) is 29.3 Å². The normalized spacial score (nSPS) is 24.3. The molecule has 15 heavy (non-hydrogen) atoms. The van der Waals surface area contributed by atoms with E-state index in [0.29, 0.717) is 0 Å². The lowest BCUT2D eigenvalue weighted by Crippen LogP contribution is -2.28. The fourth-order valence-electron chi connectivity index (χ4n) is 2.14. The summed E-state index contributed by atoms with van der Waals surface area (Å²) in [5.41, 5.74) is 6.89. The Balaban J connectivity index is 2.10. The summed E-state index contributed by atoms with van der Waals surface area (Å²) in [7, 11) is 0. The quantitative estimate of drug-likeness (QED) is 0.804. The van der Waals surface area contributed by atoms with Crippen LogP contribution in [-0.4, -0.2) is 24.0 Å². The molecule has 3 heteroatoms. The van der Waals surface area contributed by atoms with Gasteiger partial charge in [0.1, 0.15) is 5.82 Å². The summed E-state index contributed by atoms with van der Waals surface area (Å²) in [6, 6.07) is 7.35. The Kier molecular flexibility index (Phi) is 3.03. The van der Waals surface area contributed by atoms with Crippen molar-refractivity contribution in [1.82, 2.24) is 4.90 Å². The molecule has 0 amide bonds. The molecule has 0 bridgehead atoms. The highest BCUT2D eigenvalue weighted by molar-refractivity contribution is 5.20. The predicted octanol–water partition coefficient (Wildman–Crippen LogP) is 1.92. The van der Waals surface area contributed by atoms with Crippen LogP contribution >= 0.6 is 0 Å². The van der Waals surface area contributed by atoms with Crippen LogP contribution in [0.5, 0.6) is 0 Å². The molecule has 2 rings (SSSR count). The summed E-state index contributed by atoms with van der Waals surface area (Å²) < 4.78 is 13.0. The Labute approximate surface area is 89.9 Å². The van der Waals surface area contributed by atoms with Gasteiger partial charge in [-0.2, -0.15) is 0 Å². The van der Waals surface area contributed by atoms with Crippen LogP contribution < -0.4 is 5.73 Å². The van der Waals surface area contributed by atoms with Gasteiger partial charge in [-0.1, -0.05) is 12.1 Å². The zero-order chi connectivity index (χ0) is 10.8. The van der Waals surface area contributed by atoms with Gasteiger partial charge in [-0.15, -0.1) is 0 Å². The smallest absolute Gasteiger partial charge is 0.123 e. The third-order valence-corrected chi connectivity index (χ3v) is 3.13. The fourth-order valence-corrected chi connectivity index (χ4v) is 2.14. The van der Waals surface area contributed by atoms with E-state index in [1.807, 2.05) is 6.07 Å². The average molecular weight is 208 g/mol. The van der Waals surface area contributed by atoms with E-state index in [9.17, 15) is 4.39 Å². The van der Waals surface area contributed by atoms with Crippen molar-refractivity contribution in [1.29, 1.82) is 0 Å². The van der Waals surface area contributed by atoms with E-state index in [0.717, 1.165) is 25.1 Å². The number of hydrogen-bond donors (Lipinski definition) is 1. The van der Waals surface area contributed by atoms with E-state index in [2.05, 4.69) is 11.8 Å². The van der Waals surface area contributed by atoms with Crippen molar-refractivity contribution in [2.75, 3.05) is 13.1 Å². The molecule has 1 aliphatic rings. The molecule has 82 valence electrons. The van der Waals surface area contributed by atoms with Gasteiger partial charge in [-0.3, -0.25) is 4.90 Å². The second-order valence-corrected chi connectivity index (χ2v) is 4.27. The molecule has 0 aromatic heterocycles. The van der Waals surface area contributed by atoms with Crippen molar-refractivity contribution < 1.29 is 4.39 Å². The number of nitrogens with two attached hydrogens (primary N) is 1. The van der Waals surface area contributed by atoms with E-state index in [-0.39, 0.29) is 17.9 Å². The Hall–Kier alpha value is -0.930. The lowest BCUT2D eigenvalue weighted by molar-refractivity contribution is 0.259. The van der Waals surface area contributed by atoms with Gasteiger partial charge >= 0.3 is 0 Å². The Morgan fingerprint density at radius 1 is 1.53 bits per heavy atom. The fraction of sp³-hybridized carbons (Fsp3) is 0.500. The summed E-state index contributed by atoms with van der Waals surface area (Å²) in [6.45, 7) is 4.03. The lowest BCUT2D eigenvalue weighted by atomic mass is 10.1. The van der Waals surface area contributed by atoms with Crippen molar-refractivity contribution in [2.24, 2.45) is 5.73 Å². The molecule has 1 aromatic rings. The molecule has 0 spiro atoms. The molecule has 0 saturated carbocycles. The standard InChI is InChI=1S/C12H17FN2/c1-9(15-6-5-12(14)8-15)10-3-2-4-11(13)7-10/h2-4,7,9,12H,5-6,8,14H2,1H3/t9?,12-/m1/s1. The Bertz CT molecular complexity index is 340. The van der Waals surface area contributed by atoms with Crippen LogP contribution in [0.4, 0.5) is 4.39 Å². The number of halogens is 1. The maximum absolute atomic E-state index is 13.0. The first-order chi connectivity index (χ1) is 7.16. The number of hydrogen-bond acceptors (Lipinski definition) is 2. The molecule has 0 aliphatic carbocycles. The first-order valence-electron chi connectivity index (χ1n) is 5.42. The highest BCUT2D eigenvalue weighted by Crippen LogP contribution is 2.24. The molecule has 0 radical (unpaired) electrons. The number of nitrogens with zero attached hydrogens (tertiary/aromatic N) is 1. The van der Waals surface area contributed by atoms with Gasteiger partial charge in [-0.05, 0) is 31.0 Å². The summed E-state index contributed by atoms with van der Waals surface area (Å²) in [4.78, 5) is 2.31. The summed E-state index contributed by atoms with van der Waals surface area (Å²) in [6.07, 6.45) is 1.04. The van der Waals surface area contributed by atoms with Crippen molar-refractivity contribution in [2.45, 2.75) is 25.4 Å².